The third-order valence-electron chi connectivity index (χ3n) is 5.11. The van der Waals surface area contributed by atoms with Crippen LogP contribution >= 0.6 is 11.6 Å². The fourth-order valence-corrected chi connectivity index (χ4v) is 3.78. The van der Waals surface area contributed by atoms with Crippen molar-refractivity contribution in [2.24, 2.45) is 0 Å². The van der Waals surface area contributed by atoms with Gasteiger partial charge >= 0.3 is 6.09 Å². The van der Waals surface area contributed by atoms with Crippen LogP contribution in [0.5, 0.6) is 0 Å². The molecule has 0 fully saturated rings. The second-order valence-corrected chi connectivity index (χ2v) is 7.30. The molecular weight excluding hydrogens is 393 g/mol. The first-order valence-electron chi connectivity index (χ1n) is 9.26. The van der Waals surface area contributed by atoms with Crippen LogP contribution in [0.25, 0.3) is 11.1 Å². The number of nitrogens with one attached hydrogen (secondary N) is 1. The number of rotatable bonds is 5. The first-order chi connectivity index (χ1) is 14.0. The summed E-state index contributed by atoms with van der Waals surface area (Å²) in [6, 6.07) is 20.2. The van der Waals surface area contributed by atoms with E-state index in [0.717, 1.165) is 28.3 Å². The van der Waals surface area contributed by atoms with Crippen LogP contribution in [0, 0.1) is 5.82 Å². The fraction of sp³-hybridized carbons (Fsp3) is 0.174. The lowest BCUT2D eigenvalue weighted by Gasteiger charge is -2.16. The number of hydrogen-bond acceptors (Lipinski definition) is 3. The Hall–Kier alpha value is -2.89. The molecule has 2 N–H and O–H groups in total. The van der Waals surface area contributed by atoms with E-state index in [0.29, 0.717) is 5.56 Å². The summed E-state index contributed by atoms with van der Waals surface area (Å²) in [5, 5.41) is 12.6. The van der Waals surface area contributed by atoms with Crippen LogP contribution in [0.3, 0.4) is 0 Å². The number of benzene rings is 3. The Balaban J connectivity index is 1.37. The molecule has 0 saturated carbocycles. The van der Waals surface area contributed by atoms with E-state index in [-0.39, 0.29) is 24.1 Å². The maximum absolute atomic E-state index is 13.5. The summed E-state index contributed by atoms with van der Waals surface area (Å²) in [5.74, 6) is -0.659. The Kier molecular flexibility index (Phi) is 5.51. The van der Waals surface area contributed by atoms with Gasteiger partial charge < -0.3 is 15.2 Å². The monoisotopic (exact) mass is 411 g/mol. The number of amides is 1. The molecule has 4 nitrogen and oxygen atoms in total. The van der Waals surface area contributed by atoms with Crippen molar-refractivity contribution < 1.29 is 19.0 Å². The molecule has 0 bridgehead atoms. The minimum atomic E-state index is -1.07. The van der Waals surface area contributed by atoms with Crippen LogP contribution in [-0.2, 0) is 4.74 Å². The van der Waals surface area contributed by atoms with Crippen molar-refractivity contribution in [1.29, 1.82) is 0 Å². The Morgan fingerprint density at radius 1 is 1.07 bits per heavy atom. The predicted molar refractivity (Wildman–Crippen MR) is 109 cm³/mol. The summed E-state index contributed by atoms with van der Waals surface area (Å²) in [5.41, 5.74) is 4.87. The molecule has 0 aliphatic heterocycles. The van der Waals surface area contributed by atoms with Gasteiger partial charge in [-0.2, -0.15) is 0 Å². The van der Waals surface area contributed by atoms with Gasteiger partial charge in [-0.15, -0.1) is 0 Å². The van der Waals surface area contributed by atoms with Gasteiger partial charge in [-0.05, 0) is 39.9 Å². The Morgan fingerprint density at radius 3 is 2.31 bits per heavy atom. The fourth-order valence-electron chi connectivity index (χ4n) is 3.67. The Morgan fingerprint density at radius 2 is 1.69 bits per heavy atom. The van der Waals surface area contributed by atoms with Crippen molar-refractivity contribution in [3.63, 3.8) is 0 Å². The zero-order valence-corrected chi connectivity index (χ0v) is 16.2. The molecule has 0 spiro atoms. The van der Waals surface area contributed by atoms with Gasteiger partial charge in [0.05, 0.1) is 17.7 Å². The lowest BCUT2D eigenvalue weighted by Crippen LogP contribution is -2.30. The predicted octanol–water partition coefficient (Wildman–Crippen LogP) is 5.05. The van der Waals surface area contributed by atoms with Gasteiger partial charge in [0.1, 0.15) is 12.4 Å². The number of aliphatic hydroxyl groups excluding tert-OH is 1. The Labute approximate surface area is 172 Å². The van der Waals surface area contributed by atoms with Crippen LogP contribution in [-0.4, -0.2) is 24.4 Å². The summed E-state index contributed by atoms with van der Waals surface area (Å²) < 4.78 is 18.9. The SMILES string of the molecule is O=C(NCC(O)c1ccc(Cl)c(F)c1)OCC1c2ccccc2-c2ccccc21. The number of carbonyl (C=O) groups excluding carboxylic acids is 1. The third kappa shape index (κ3) is 3.97. The highest BCUT2D eigenvalue weighted by Crippen LogP contribution is 2.44. The zero-order chi connectivity index (χ0) is 20.4. The topological polar surface area (TPSA) is 58.6 Å². The van der Waals surface area contributed by atoms with Crippen molar-refractivity contribution in [2.75, 3.05) is 13.2 Å². The highest BCUT2D eigenvalue weighted by Gasteiger charge is 2.29. The van der Waals surface area contributed by atoms with E-state index >= 15 is 0 Å². The molecule has 4 rings (SSSR count). The van der Waals surface area contributed by atoms with Gasteiger partial charge in [0.25, 0.3) is 0 Å². The number of ether oxygens (including phenoxy) is 1. The van der Waals surface area contributed by atoms with Crippen LogP contribution in [0.2, 0.25) is 5.02 Å². The van der Waals surface area contributed by atoms with Crippen molar-refractivity contribution in [2.45, 2.75) is 12.0 Å². The average molecular weight is 412 g/mol. The molecule has 0 heterocycles. The highest BCUT2D eigenvalue weighted by atomic mass is 35.5. The van der Waals surface area contributed by atoms with Crippen LogP contribution in [0.4, 0.5) is 9.18 Å². The number of aliphatic hydroxyl groups is 1. The van der Waals surface area contributed by atoms with Crippen molar-refractivity contribution >= 4 is 17.7 Å². The average Bonchev–Trinajstić information content (AvgIpc) is 3.06. The molecule has 29 heavy (non-hydrogen) atoms. The number of alkyl carbamates (subject to hydrolysis) is 1. The first kappa shape index (κ1) is 19.4. The first-order valence-corrected chi connectivity index (χ1v) is 9.64. The van der Waals surface area contributed by atoms with E-state index < -0.39 is 18.0 Å². The van der Waals surface area contributed by atoms with Crippen LogP contribution in [0.1, 0.15) is 28.7 Å². The molecular formula is C23H19ClFNO3. The van der Waals surface area contributed by atoms with E-state index in [4.69, 9.17) is 16.3 Å². The molecule has 148 valence electrons. The van der Waals surface area contributed by atoms with Gasteiger partial charge in [-0.3, -0.25) is 0 Å². The number of halogens is 2. The van der Waals surface area contributed by atoms with Crippen molar-refractivity contribution in [3.05, 3.63) is 94.3 Å². The second-order valence-electron chi connectivity index (χ2n) is 6.90. The molecule has 1 aliphatic rings. The third-order valence-corrected chi connectivity index (χ3v) is 5.42. The molecule has 0 aromatic heterocycles. The summed E-state index contributed by atoms with van der Waals surface area (Å²) >= 11 is 5.64. The Bertz CT molecular complexity index is 1010. The second kappa shape index (κ2) is 8.23. The molecule has 1 unspecified atom stereocenters. The van der Waals surface area contributed by atoms with Gasteiger partial charge in [0.15, 0.2) is 0 Å². The van der Waals surface area contributed by atoms with Crippen molar-refractivity contribution in [3.8, 4) is 11.1 Å². The highest BCUT2D eigenvalue weighted by molar-refractivity contribution is 6.30. The quantitative estimate of drug-likeness (QED) is 0.617. The molecule has 6 heteroatoms. The lowest BCUT2D eigenvalue weighted by molar-refractivity contribution is 0.128. The molecule has 0 saturated heterocycles. The molecule has 3 aromatic rings. The normalized spacial score (nSPS) is 13.5. The molecule has 1 aliphatic carbocycles. The number of carbonyl (C=O) groups is 1. The van der Waals surface area contributed by atoms with E-state index in [9.17, 15) is 14.3 Å². The largest absolute Gasteiger partial charge is 0.449 e. The lowest BCUT2D eigenvalue weighted by atomic mass is 9.98. The van der Waals surface area contributed by atoms with Crippen molar-refractivity contribution in [1.82, 2.24) is 5.32 Å². The number of hydrogen-bond donors (Lipinski definition) is 2. The maximum Gasteiger partial charge on any atom is 0.407 e. The van der Waals surface area contributed by atoms with Gasteiger partial charge in [-0.1, -0.05) is 66.2 Å². The van der Waals surface area contributed by atoms with E-state index in [1.807, 2.05) is 36.4 Å². The van der Waals surface area contributed by atoms with E-state index in [1.165, 1.54) is 12.1 Å². The zero-order valence-electron chi connectivity index (χ0n) is 15.4. The minimum Gasteiger partial charge on any atom is -0.449 e. The number of fused-ring (bicyclic) bond motifs is 3. The maximum atomic E-state index is 13.5. The minimum absolute atomic E-state index is 0.0227. The molecule has 3 aromatic carbocycles. The van der Waals surface area contributed by atoms with Gasteiger partial charge in [0.2, 0.25) is 0 Å². The molecule has 1 amide bonds. The van der Waals surface area contributed by atoms with Crippen LogP contribution < -0.4 is 5.32 Å². The van der Waals surface area contributed by atoms with Gasteiger partial charge in [-0.25, -0.2) is 9.18 Å². The smallest absolute Gasteiger partial charge is 0.407 e. The molecule has 0 radical (unpaired) electrons. The van der Waals surface area contributed by atoms with Crippen LogP contribution in [0.15, 0.2) is 66.7 Å². The van der Waals surface area contributed by atoms with Gasteiger partial charge in [0, 0.05) is 5.92 Å². The molecule has 1 atom stereocenters. The van der Waals surface area contributed by atoms with E-state index in [1.54, 1.807) is 0 Å². The standard InChI is InChI=1S/C23H19ClFNO3/c24-20-10-9-14(11-21(20)25)22(27)12-26-23(28)29-13-19-17-7-3-1-5-15(17)16-6-2-4-8-18(16)19/h1-11,19,22,27H,12-13H2,(H,26,28). The summed E-state index contributed by atoms with van der Waals surface area (Å²) in [4.78, 5) is 12.1. The summed E-state index contributed by atoms with van der Waals surface area (Å²) in [6.45, 7) is 0.0866. The summed E-state index contributed by atoms with van der Waals surface area (Å²) in [6.07, 6.45) is -1.71. The van der Waals surface area contributed by atoms with E-state index in [2.05, 4.69) is 17.4 Å². The summed E-state index contributed by atoms with van der Waals surface area (Å²) in [7, 11) is 0.